The monoisotopic (exact) mass is 357 g/mol. The minimum Gasteiger partial charge on any atom is -0.341 e. The SMILES string of the molecule is Cc1cccc(NC(=O)CC(=O)N2CCCN(C3CCCC3)CC2)c1C. The third-order valence-electron chi connectivity index (χ3n) is 5.91. The Labute approximate surface area is 156 Å². The maximum atomic E-state index is 12.6. The lowest BCUT2D eigenvalue weighted by Crippen LogP contribution is -2.39. The molecule has 2 fully saturated rings. The van der Waals surface area contributed by atoms with Gasteiger partial charge in [0.1, 0.15) is 6.42 Å². The Morgan fingerprint density at radius 2 is 1.81 bits per heavy atom. The highest BCUT2D eigenvalue weighted by Crippen LogP contribution is 2.24. The van der Waals surface area contributed by atoms with Crippen LogP contribution < -0.4 is 5.32 Å². The fraction of sp³-hybridized carbons (Fsp3) is 0.619. The average Bonchev–Trinajstić information content (AvgIpc) is 3.03. The van der Waals surface area contributed by atoms with Crippen LogP contribution in [0.15, 0.2) is 18.2 Å². The second kappa shape index (κ2) is 8.67. The number of nitrogens with one attached hydrogen (secondary N) is 1. The normalized spacial score (nSPS) is 19.4. The molecule has 0 atom stereocenters. The maximum Gasteiger partial charge on any atom is 0.233 e. The standard InChI is InChI=1S/C21H31N3O2/c1-16-7-5-10-19(17(16)2)22-20(25)15-21(26)24-12-6-11-23(13-14-24)18-8-3-4-9-18/h5,7,10,18H,3-4,6,8-9,11-15H2,1-2H3,(H,22,25). The summed E-state index contributed by atoms with van der Waals surface area (Å²) >= 11 is 0. The van der Waals surface area contributed by atoms with E-state index < -0.39 is 0 Å². The van der Waals surface area contributed by atoms with Crippen LogP contribution in [-0.4, -0.2) is 53.8 Å². The van der Waals surface area contributed by atoms with Gasteiger partial charge >= 0.3 is 0 Å². The first-order valence-electron chi connectivity index (χ1n) is 9.92. The lowest BCUT2D eigenvalue weighted by molar-refractivity contribution is -0.134. The van der Waals surface area contributed by atoms with Crippen molar-refractivity contribution >= 4 is 17.5 Å². The van der Waals surface area contributed by atoms with Gasteiger partial charge in [-0.2, -0.15) is 0 Å². The van der Waals surface area contributed by atoms with Crippen LogP contribution in [0.3, 0.4) is 0 Å². The lowest BCUT2D eigenvalue weighted by Gasteiger charge is -2.27. The smallest absolute Gasteiger partial charge is 0.233 e. The molecular formula is C21H31N3O2. The predicted molar refractivity (Wildman–Crippen MR) is 104 cm³/mol. The Morgan fingerprint density at radius 1 is 1.04 bits per heavy atom. The number of hydrogen-bond donors (Lipinski definition) is 1. The van der Waals surface area contributed by atoms with Crippen molar-refractivity contribution in [1.29, 1.82) is 0 Å². The first-order chi connectivity index (χ1) is 12.5. The molecule has 1 heterocycles. The van der Waals surface area contributed by atoms with Gasteiger partial charge < -0.3 is 10.2 Å². The molecule has 0 radical (unpaired) electrons. The highest BCUT2D eigenvalue weighted by atomic mass is 16.2. The van der Waals surface area contributed by atoms with E-state index in [-0.39, 0.29) is 18.2 Å². The van der Waals surface area contributed by atoms with Gasteiger partial charge in [-0.1, -0.05) is 25.0 Å². The van der Waals surface area contributed by atoms with Crippen molar-refractivity contribution in [2.24, 2.45) is 0 Å². The molecule has 0 aromatic heterocycles. The summed E-state index contributed by atoms with van der Waals surface area (Å²) in [5, 5.41) is 2.89. The van der Waals surface area contributed by atoms with Crippen LogP contribution >= 0.6 is 0 Å². The van der Waals surface area contributed by atoms with Crippen molar-refractivity contribution in [3.8, 4) is 0 Å². The zero-order valence-corrected chi connectivity index (χ0v) is 16.1. The van der Waals surface area contributed by atoms with E-state index in [9.17, 15) is 9.59 Å². The molecule has 142 valence electrons. The highest BCUT2D eigenvalue weighted by molar-refractivity contribution is 6.03. The van der Waals surface area contributed by atoms with Gasteiger partial charge in [-0.25, -0.2) is 0 Å². The summed E-state index contributed by atoms with van der Waals surface area (Å²) in [7, 11) is 0. The van der Waals surface area contributed by atoms with E-state index in [1.54, 1.807) is 0 Å². The maximum absolute atomic E-state index is 12.6. The Balaban J connectivity index is 1.51. The quantitative estimate of drug-likeness (QED) is 0.843. The van der Waals surface area contributed by atoms with E-state index in [2.05, 4.69) is 10.2 Å². The number of benzene rings is 1. The van der Waals surface area contributed by atoms with Crippen molar-refractivity contribution in [2.45, 2.75) is 58.4 Å². The van der Waals surface area contributed by atoms with Gasteiger partial charge in [-0.15, -0.1) is 0 Å². The van der Waals surface area contributed by atoms with Crippen molar-refractivity contribution in [3.63, 3.8) is 0 Å². The van der Waals surface area contributed by atoms with Crippen LogP contribution in [0.4, 0.5) is 5.69 Å². The molecule has 5 nitrogen and oxygen atoms in total. The van der Waals surface area contributed by atoms with Crippen molar-refractivity contribution in [2.75, 3.05) is 31.5 Å². The third kappa shape index (κ3) is 4.64. The largest absolute Gasteiger partial charge is 0.341 e. The van der Waals surface area contributed by atoms with Crippen molar-refractivity contribution in [3.05, 3.63) is 29.3 Å². The molecule has 1 aliphatic heterocycles. The zero-order chi connectivity index (χ0) is 18.5. The second-order valence-corrected chi connectivity index (χ2v) is 7.68. The van der Waals surface area contributed by atoms with Crippen molar-refractivity contribution in [1.82, 2.24) is 9.80 Å². The highest BCUT2D eigenvalue weighted by Gasteiger charge is 2.26. The fourth-order valence-electron chi connectivity index (χ4n) is 4.15. The molecule has 1 aromatic rings. The minimum atomic E-state index is -0.222. The van der Waals surface area contributed by atoms with E-state index in [0.29, 0.717) is 6.04 Å². The number of rotatable bonds is 4. The van der Waals surface area contributed by atoms with E-state index in [1.807, 2.05) is 36.9 Å². The summed E-state index contributed by atoms with van der Waals surface area (Å²) in [5.41, 5.74) is 2.98. The van der Waals surface area contributed by atoms with Crippen LogP contribution in [0.1, 0.15) is 49.7 Å². The van der Waals surface area contributed by atoms with E-state index >= 15 is 0 Å². The van der Waals surface area contributed by atoms with Gasteiger partial charge in [0.25, 0.3) is 0 Å². The molecule has 3 rings (SSSR count). The molecule has 1 N–H and O–H groups in total. The fourth-order valence-corrected chi connectivity index (χ4v) is 4.15. The Bertz CT molecular complexity index is 653. The number of amides is 2. The van der Waals surface area contributed by atoms with E-state index in [1.165, 1.54) is 25.7 Å². The first-order valence-corrected chi connectivity index (χ1v) is 9.92. The van der Waals surface area contributed by atoms with E-state index in [4.69, 9.17) is 0 Å². The number of carbonyl (C=O) groups is 2. The van der Waals surface area contributed by atoms with Gasteiger partial charge in [0, 0.05) is 37.9 Å². The molecule has 1 aliphatic carbocycles. The molecule has 1 aromatic carbocycles. The molecule has 5 heteroatoms. The van der Waals surface area contributed by atoms with Gasteiger partial charge in [0.15, 0.2) is 0 Å². The number of carbonyl (C=O) groups excluding carboxylic acids is 2. The topological polar surface area (TPSA) is 52.7 Å². The Morgan fingerprint density at radius 3 is 2.58 bits per heavy atom. The molecule has 0 unspecified atom stereocenters. The van der Waals surface area contributed by atoms with Crippen LogP contribution in [0, 0.1) is 13.8 Å². The number of aryl methyl sites for hydroxylation is 1. The molecular weight excluding hydrogens is 326 g/mol. The van der Waals surface area contributed by atoms with Crippen LogP contribution in [0.2, 0.25) is 0 Å². The lowest BCUT2D eigenvalue weighted by atomic mass is 10.1. The molecule has 0 spiro atoms. The summed E-state index contributed by atoms with van der Waals surface area (Å²) in [5.74, 6) is -0.276. The number of hydrogen-bond acceptors (Lipinski definition) is 3. The van der Waals surface area contributed by atoms with Crippen molar-refractivity contribution < 1.29 is 9.59 Å². The van der Waals surface area contributed by atoms with Gasteiger partial charge in [-0.3, -0.25) is 14.5 Å². The van der Waals surface area contributed by atoms with Crippen LogP contribution in [-0.2, 0) is 9.59 Å². The van der Waals surface area contributed by atoms with Gasteiger partial charge in [0.05, 0.1) is 0 Å². The van der Waals surface area contributed by atoms with E-state index in [0.717, 1.165) is 49.4 Å². The molecule has 2 aliphatic rings. The summed E-state index contributed by atoms with van der Waals surface area (Å²) in [6, 6.07) is 6.53. The second-order valence-electron chi connectivity index (χ2n) is 7.68. The minimum absolute atomic E-state index is 0.0546. The molecule has 0 bridgehead atoms. The zero-order valence-electron chi connectivity index (χ0n) is 16.1. The van der Waals surface area contributed by atoms with Crippen LogP contribution in [0.5, 0.6) is 0 Å². The molecule has 1 saturated carbocycles. The summed E-state index contributed by atoms with van der Waals surface area (Å²) in [6.45, 7) is 7.52. The Hall–Kier alpha value is -1.88. The molecule has 2 amide bonds. The first kappa shape index (κ1) is 18.9. The molecule has 26 heavy (non-hydrogen) atoms. The van der Waals surface area contributed by atoms with Gasteiger partial charge in [-0.05, 0) is 50.3 Å². The Kier molecular flexibility index (Phi) is 6.30. The van der Waals surface area contributed by atoms with Gasteiger partial charge in [0.2, 0.25) is 11.8 Å². The summed E-state index contributed by atoms with van der Waals surface area (Å²) in [6.07, 6.45) is 6.20. The average molecular weight is 357 g/mol. The summed E-state index contributed by atoms with van der Waals surface area (Å²) < 4.78 is 0. The van der Waals surface area contributed by atoms with Crippen LogP contribution in [0.25, 0.3) is 0 Å². The number of anilines is 1. The third-order valence-corrected chi connectivity index (χ3v) is 5.91. The predicted octanol–water partition coefficient (Wildman–Crippen LogP) is 3.11. The molecule has 1 saturated heterocycles. The summed E-state index contributed by atoms with van der Waals surface area (Å²) in [4.78, 5) is 29.3. The number of nitrogens with zero attached hydrogens (tertiary/aromatic N) is 2.